The Kier molecular flexibility index (Phi) is 6.35. The van der Waals surface area contributed by atoms with Gasteiger partial charge in [-0.3, -0.25) is 9.10 Å². The zero-order chi connectivity index (χ0) is 20.3. The molecule has 150 valence electrons. The maximum absolute atomic E-state index is 12.6. The van der Waals surface area contributed by atoms with Crippen LogP contribution in [0.4, 0.5) is 5.69 Å². The van der Waals surface area contributed by atoms with Crippen molar-refractivity contribution in [2.45, 2.75) is 37.1 Å². The van der Waals surface area contributed by atoms with Gasteiger partial charge in [-0.15, -0.1) is 11.8 Å². The van der Waals surface area contributed by atoms with Gasteiger partial charge in [0.05, 0.1) is 18.0 Å². The topological polar surface area (TPSA) is 66.5 Å². The molecule has 0 fully saturated rings. The number of nitrogens with zero attached hydrogens (tertiary/aromatic N) is 1. The van der Waals surface area contributed by atoms with Crippen molar-refractivity contribution in [1.82, 2.24) is 5.32 Å². The van der Waals surface area contributed by atoms with E-state index >= 15 is 0 Å². The second kappa shape index (κ2) is 8.57. The third-order valence-electron chi connectivity index (χ3n) is 5.03. The molecule has 1 atom stereocenters. The Bertz CT molecular complexity index is 973. The molecule has 1 amide bonds. The summed E-state index contributed by atoms with van der Waals surface area (Å²) in [5, 5.41) is 2.94. The minimum atomic E-state index is -3.58. The smallest absolute Gasteiger partial charge is 0.241 e. The quantitative estimate of drug-likeness (QED) is 0.699. The molecule has 1 aliphatic carbocycles. The monoisotopic (exact) mass is 418 g/mol. The Morgan fingerprint density at radius 1 is 1.18 bits per heavy atom. The molecule has 7 heteroatoms. The van der Waals surface area contributed by atoms with E-state index in [0.717, 1.165) is 33.9 Å². The summed E-state index contributed by atoms with van der Waals surface area (Å²) in [6.07, 6.45) is 6.43. The summed E-state index contributed by atoms with van der Waals surface area (Å²) in [5.74, 6) is -0.326. The minimum absolute atomic E-state index is 0.183. The average Bonchev–Trinajstić information content (AvgIpc) is 3.13. The Morgan fingerprint density at radius 2 is 1.93 bits per heavy atom. The van der Waals surface area contributed by atoms with Crippen LogP contribution in [0.15, 0.2) is 47.4 Å². The lowest BCUT2D eigenvalue weighted by atomic mass is 10.0. The molecule has 2 aromatic rings. The van der Waals surface area contributed by atoms with E-state index in [1.165, 1.54) is 29.3 Å². The molecule has 0 bridgehead atoms. The number of hydrogen-bond acceptors (Lipinski definition) is 4. The average molecular weight is 419 g/mol. The second-order valence-corrected chi connectivity index (χ2v) is 9.93. The van der Waals surface area contributed by atoms with Crippen molar-refractivity contribution < 1.29 is 13.2 Å². The van der Waals surface area contributed by atoms with Crippen LogP contribution >= 0.6 is 11.8 Å². The number of aryl methyl sites for hydroxylation is 2. The van der Waals surface area contributed by atoms with E-state index in [2.05, 4.69) is 17.4 Å². The van der Waals surface area contributed by atoms with Crippen molar-refractivity contribution in [2.75, 3.05) is 23.4 Å². The molecule has 0 aromatic heterocycles. The molecule has 0 saturated heterocycles. The van der Waals surface area contributed by atoms with Gasteiger partial charge in [0, 0.05) is 4.90 Å². The first-order chi connectivity index (χ1) is 13.3. The lowest BCUT2D eigenvalue weighted by molar-refractivity contribution is -0.120. The summed E-state index contributed by atoms with van der Waals surface area (Å²) in [6, 6.07) is 13.3. The molecule has 0 radical (unpaired) electrons. The fraction of sp³-hybridized carbons (Fsp3) is 0.381. The molecule has 0 heterocycles. The number of amides is 1. The van der Waals surface area contributed by atoms with E-state index in [9.17, 15) is 13.2 Å². The van der Waals surface area contributed by atoms with E-state index in [0.29, 0.717) is 5.69 Å². The predicted molar refractivity (Wildman–Crippen MR) is 115 cm³/mol. The normalized spacial score (nSPS) is 14.4. The van der Waals surface area contributed by atoms with E-state index < -0.39 is 10.0 Å². The Balaban J connectivity index is 1.73. The van der Waals surface area contributed by atoms with E-state index in [1.54, 1.807) is 18.2 Å². The SMILES string of the molecule is CSc1cccc(N(CC(=O)N[C@@H](C)c2ccc3c(c2)CCC3)S(C)(=O)=O)c1. The van der Waals surface area contributed by atoms with E-state index in [1.807, 2.05) is 25.3 Å². The first-order valence-electron chi connectivity index (χ1n) is 9.31. The number of carbonyl (C=O) groups excluding carboxylic acids is 1. The summed E-state index contributed by atoms with van der Waals surface area (Å²) in [5.41, 5.74) is 4.28. The third-order valence-corrected chi connectivity index (χ3v) is 6.89. The lowest BCUT2D eigenvalue weighted by Crippen LogP contribution is -2.41. The van der Waals surface area contributed by atoms with Crippen LogP contribution in [-0.4, -0.2) is 33.4 Å². The van der Waals surface area contributed by atoms with Gasteiger partial charge in [-0.05, 0) is 67.3 Å². The molecular formula is C21H26N2O3S2. The van der Waals surface area contributed by atoms with Crippen LogP contribution < -0.4 is 9.62 Å². The van der Waals surface area contributed by atoms with Gasteiger partial charge in [0.2, 0.25) is 15.9 Å². The number of hydrogen-bond donors (Lipinski definition) is 1. The van der Waals surface area contributed by atoms with Crippen molar-refractivity contribution in [3.05, 3.63) is 59.2 Å². The molecular weight excluding hydrogens is 392 g/mol. The molecule has 2 aromatic carbocycles. The van der Waals surface area contributed by atoms with Crippen LogP contribution in [0.25, 0.3) is 0 Å². The number of benzene rings is 2. The number of rotatable bonds is 7. The number of thioether (sulfide) groups is 1. The zero-order valence-corrected chi connectivity index (χ0v) is 18.1. The van der Waals surface area contributed by atoms with Crippen molar-refractivity contribution in [3.8, 4) is 0 Å². The fourth-order valence-electron chi connectivity index (χ4n) is 3.53. The largest absolute Gasteiger partial charge is 0.348 e. The summed E-state index contributed by atoms with van der Waals surface area (Å²) >= 11 is 1.53. The number of sulfonamides is 1. The molecule has 0 spiro atoms. The highest BCUT2D eigenvalue weighted by Crippen LogP contribution is 2.26. The first-order valence-corrected chi connectivity index (χ1v) is 12.4. The Labute approximate surface area is 171 Å². The molecule has 0 saturated carbocycles. The zero-order valence-electron chi connectivity index (χ0n) is 16.4. The highest BCUT2D eigenvalue weighted by Gasteiger charge is 2.22. The predicted octanol–water partition coefficient (Wildman–Crippen LogP) is 3.54. The van der Waals surface area contributed by atoms with E-state index in [-0.39, 0.29) is 18.5 Å². The van der Waals surface area contributed by atoms with Gasteiger partial charge in [-0.25, -0.2) is 8.42 Å². The van der Waals surface area contributed by atoms with Gasteiger partial charge in [0.1, 0.15) is 6.54 Å². The summed E-state index contributed by atoms with van der Waals surface area (Å²) in [4.78, 5) is 13.6. The van der Waals surface area contributed by atoms with Gasteiger partial charge in [-0.2, -0.15) is 0 Å². The lowest BCUT2D eigenvalue weighted by Gasteiger charge is -2.24. The first kappa shape index (κ1) is 20.7. The van der Waals surface area contributed by atoms with Crippen molar-refractivity contribution in [3.63, 3.8) is 0 Å². The van der Waals surface area contributed by atoms with Crippen LogP contribution in [0.1, 0.15) is 36.1 Å². The maximum Gasteiger partial charge on any atom is 0.241 e. The van der Waals surface area contributed by atoms with Gasteiger partial charge in [0.25, 0.3) is 0 Å². The molecule has 0 aliphatic heterocycles. The molecule has 1 N–H and O–H groups in total. The third kappa shape index (κ3) is 4.89. The molecule has 28 heavy (non-hydrogen) atoms. The van der Waals surface area contributed by atoms with Crippen molar-refractivity contribution in [2.24, 2.45) is 0 Å². The van der Waals surface area contributed by atoms with Gasteiger partial charge < -0.3 is 5.32 Å². The van der Waals surface area contributed by atoms with Crippen LogP contribution in [-0.2, 0) is 27.7 Å². The van der Waals surface area contributed by atoms with Crippen LogP contribution in [0, 0.1) is 0 Å². The number of anilines is 1. The summed E-state index contributed by atoms with van der Waals surface area (Å²) < 4.78 is 25.7. The van der Waals surface area contributed by atoms with E-state index in [4.69, 9.17) is 0 Å². The maximum atomic E-state index is 12.6. The Morgan fingerprint density at radius 3 is 2.64 bits per heavy atom. The summed E-state index contributed by atoms with van der Waals surface area (Å²) in [6.45, 7) is 1.68. The van der Waals surface area contributed by atoms with Gasteiger partial charge in [0.15, 0.2) is 0 Å². The van der Waals surface area contributed by atoms with Crippen molar-refractivity contribution >= 4 is 33.4 Å². The highest BCUT2D eigenvalue weighted by molar-refractivity contribution is 7.98. The highest BCUT2D eigenvalue weighted by atomic mass is 32.2. The second-order valence-electron chi connectivity index (χ2n) is 7.14. The Hall–Kier alpha value is -1.99. The number of fused-ring (bicyclic) bond motifs is 1. The molecule has 5 nitrogen and oxygen atoms in total. The van der Waals surface area contributed by atoms with Crippen LogP contribution in [0.2, 0.25) is 0 Å². The standard InChI is InChI=1S/C21H26N2O3S2/c1-15(17-11-10-16-6-4-7-18(16)12-17)22-21(24)14-23(28(3,25)26)19-8-5-9-20(13-19)27-2/h5,8-13,15H,4,6-7,14H2,1-3H3,(H,22,24)/t15-/m0/s1. The number of nitrogens with one attached hydrogen (secondary N) is 1. The molecule has 0 unspecified atom stereocenters. The van der Waals surface area contributed by atoms with Crippen LogP contribution in [0.3, 0.4) is 0 Å². The van der Waals surface area contributed by atoms with Crippen molar-refractivity contribution in [1.29, 1.82) is 0 Å². The fourth-order valence-corrected chi connectivity index (χ4v) is 4.83. The molecule has 1 aliphatic rings. The molecule has 3 rings (SSSR count). The van der Waals surface area contributed by atoms with Crippen LogP contribution in [0.5, 0.6) is 0 Å². The minimum Gasteiger partial charge on any atom is -0.348 e. The number of carbonyl (C=O) groups is 1. The summed E-state index contributed by atoms with van der Waals surface area (Å²) in [7, 11) is -3.58. The van der Waals surface area contributed by atoms with Gasteiger partial charge in [-0.1, -0.05) is 24.3 Å². The van der Waals surface area contributed by atoms with Gasteiger partial charge >= 0.3 is 0 Å².